The van der Waals surface area contributed by atoms with Gasteiger partial charge in [-0.1, -0.05) is 0 Å². The molecule has 3 aromatic carbocycles. The first-order valence-corrected chi connectivity index (χ1v) is 8.93. The van der Waals surface area contributed by atoms with Crippen LogP contribution >= 0.6 is 0 Å². The molecule has 0 aliphatic carbocycles. The predicted octanol–water partition coefficient (Wildman–Crippen LogP) is 3.61. The SMILES string of the molecule is COC(=O)c1ccc(C(=O)Oc2ccc(OC(=O)c3ccc(C(=O)O)cc3)cc2)cc1. The normalized spacial score (nSPS) is 10.1. The van der Waals surface area contributed by atoms with Crippen LogP contribution in [0.4, 0.5) is 0 Å². The summed E-state index contributed by atoms with van der Waals surface area (Å²) in [4.78, 5) is 46.7. The maximum atomic E-state index is 12.2. The second-order valence-corrected chi connectivity index (χ2v) is 6.20. The lowest BCUT2D eigenvalue weighted by Crippen LogP contribution is -2.10. The molecule has 3 aromatic rings. The Kier molecular flexibility index (Phi) is 6.42. The maximum absolute atomic E-state index is 12.2. The Morgan fingerprint density at radius 3 is 1.19 bits per heavy atom. The number of methoxy groups -OCH3 is 1. The summed E-state index contributed by atoms with van der Waals surface area (Å²) in [5.74, 6) is -2.44. The molecule has 3 rings (SSSR count). The highest BCUT2D eigenvalue weighted by atomic mass is 16.5. The van der Waals surface area contributed by atoms with E-state index in [9.17, 15) is 19.2 Å². The highest BCUT2D eigenvalue weighted by Crippen LogP contribution is 2.20. The van der Waals surface area contributed by atoms with Crippen LogP contribution in [-0.2, 0) is 4.74 Å². The van der Waals surface area contributed by atoms with Gasteiger partial charge < -0.3 is 19.3 Å². The van der Waals surface area contributed by atoms with Gasteiger partial charge >= 0.3 is 23.9 Å². The number of aromatic carboxylic acids is 1. The van der Waals surface area contributed by atoms with Gasteiger partial charge in [0.25, 0.3) is 0 Å². The molecule has 0 atom stereocenters. The lowest BCUT2D eigenvalue weighted by atomic mass is 10.1. The van der Waals surface area contributed by atoms with Crippen molar-refractivity contribution in [3.8, 4) is 11.5 Å². The number of hydrogen-bond donors (Lipinski definition) is 1. The van der Waals surface area contributed by atoms with Crippen LogP contribution in [0.3, 0.4) is 0 Å². The van der Waals surface area contributed by atoms with Crippen molar-refractivity contribution in [1.29, 1.82) is 0 Å². The summed E-state index contributed by atoms with van der Waals surface area (Å²) in [5, 5.41) is 8.88. The Morgan fingerprint density at radius 2 is 0.871 bits per heavy atom. The number of carboxylic acids is 1. The molecule has 0 heterocycles. The van der Waals surface area contributed by atoms with Crippen LogP contribution in [0.25, 0.3) is 0 Å². The fourth-order valence-electron chi connectivity index (χ4n) is 2.52. The highest BCUT2D eigenvalue weighted by molar-refractivity contribution is 5.95. The molecule has 0 aliphatic rings. The van der Waals surface area contributed by atoms with Crippen molar-refractivity contribution in [2.75, 3.05) is 7.11 Å². The zero-order valence-electron chi connectivity index (χ0n) is 16.2. The maximum Gasteiger partial charge on any atom is 0.343 e. The molecule has 0 aliphatic heterocycles. The summed E-state index contributed by atoms with van der Waals surface area (Å²) in [6, 6.07) is 16.9. The van der Waals surface area contributed by atoms with Gasteiger partial charge in [-0.25, -0.2) is 19.2 Å². The van der Waals surface area contributed by atoms with Crippen molar-refractivity contribution in [2.24, 2.45) is 0 Å². The number of carbonyl (C=O) groups excluding carboxylic acids is 3. The van der Waals surface area contributed by atoms with Crippen LogP contribution in [0.1, 0.15) is 41.4 Å². The largest absolute Gasteiger partial charge is 0.478 e. The van der Waals surface area contributed by atoms with Crippen molar-refractivity contribution < 1.29 is 38.5 Å². The first-order valence-electron chi connectivity index (χ1n) is 8.93. The topological polar surface area (TPSA) is 116 Å². The van der Waals surface area contributed by atoms with Crippen LogP contribution in [0.15, 0.2) is 72.8 Å². The van der Waals surface area contributed by atoms with E-state index in [1.54, 1.807) is 0 Å². The third-order valence-corrected chi connectivity index (χ3v) is 4.15. The number of carboxylic acid groups (broad SMARTS) is 1. The van der Waals surface area contributed by atoms with Gasteiger partial charge in [-0.2, -0.15) is 0 Å². The molecular weight excluding hydrogens is 404 g/mol. The van der Waals surface area contributed by atoms with Gasteiger partial charge in [0.2, 0.25) is 0 Å². The van der Waals surface area contributed by atoms with E-state index in [1.165, 1.54) is 79.9 Å². The smallest absolute Gasteiger partial charge is 0.343 e. The summed E-state index contributed by atoms with van der Waals surface area (Å²) >= 11 is 0. The molecule has 0 spiro atoms. The van der Waals surface area contributed by atoms with Crippen molar-refractivity contribution in [2.45, 2.75) is 0 Å². The van der Waals surface area contributed by atoms with E-state index in [1.807, 2.05) is 0 Å². The standard InChI is InChI=1S/C23H16O8/c1-29-21(26)15-6-8-17(9-7-15)23(28)31-19-12-10-18(11-13-19)30-22(27)16-4-2-14(3-5-16)20(24)25/h2-13H,1H3,(H,24,25). The Bertz CT molecular complexity index is 1110. The van der Waals surface area contributed by atoms with Gasteiger partial charge in [0.1, 0.15) is 11.5 Å². The van der Waals surface area contributed by atoms with E-state index in [2.05, 4.69) is 4.74 Å². The van der Waals surface area contributed by atoms with Crippen molar-refractivity contribution >= 4 is 23.9 Å². The molecule has 0 saturated heterocycles. The fourth-order valence-corrected chi connectivity index (χ4v) is 2.52. The Labute approximate surface area is 176 Å². The first-order chi connectivity index (χ1) is 14.9. The Morgan fingerprint density at radius 1 is 0.548 bits per heavy atom. The molecule has 1 N–H and O–H groups in total. The summed E-state index contributed by atoms with van der Waals surface area (Å²) in [5.41, 5.74) is 0.800. The summed E-state index contributed by atoms with van der Waals surface area (Å²) in [7, 11) is 1.26. The minimum atomic E-state index is -1.09. The summed E-state index contributed by atoms with van der Waals surface area (Å²) in [6.45, 7) is 0. The van der Waals surface area contributed by atoms with Gasteiger partial charge in [-0.3, -0.25) is 0 Å². The van der Waals surface area contributed by atoms with E-state index < -0.39 is 23.9 Å². The number of hydrogen-bond acceptors (Lipinski definition) is 7. The lowest BCUT2D eigenvalue weighted by Gasteiger charge is -2.07. The average molecular weight is 420 g/mol. The minimum absolute atomic E-state index is 0.0580. The molecular formula is C23H16O8. The summed E-state index contributed by atoms with van der Waals surface area (Å²) < 4.78 is 15.1. The minimum Gasteiger partial charge on any atom is -0.478 e. The van der Waals surface area contributed by atoms with Crippen molar-refractivity contribution in [3.05, 3.63) is 95.1 Å². The number of ether oxygens (including phenoxy) is 3. The van der Waals surface area contributed by atoms with Crippen LogP contribution in [0, 0.1) is 0 Å². The van der Waals surface area contributed by atoms with E-state index >= 15 is 0 Å². The number of benzene rings is 3. The molecule has 8 nitrogen and oxygen atoms in total. The molecule has 0 bridgehead atoms. The number of rotatable bonds is 6. The van der Waals surface area contributed by atoms with Crippen LogP contribution in [0.2, 0.25) is 0 Å². The molecule has 8 heteroatoms. The molecule has 156 valence electrons. The lowest BCUT2D eigenvalue weighted by molar-refractivity contribution is 0.0598. The van der Waals surface area contributed by atoms with E-state index in [4.69, 9.17) is 14.6 Å². The van der Waals surface area contributed by atoms with Gasteiger partial charge in [0.05, 0.1) is 29.4 Å². The number of esters is 3. The molecule has 31 heavy (non-hydrogen) atoms. The fraction of sp³-hybridized carbons (Fsp3) is 0.0435. The second-order valence-electron chi connectivity index (χ2n) is 6.20. The Balaban J connectivity index is 1.60. The van der Waals surface area contributed by atoms with E-state index in [0.717, 1.165) is 0 Å². The number of carbonyl (C=O) groups is 4. The van der Waals surface area contributed by atoms with E-state index in [0.29, 0.717) is 5.56 Å². The molecule has 0 saturated carbocycles. The predicted molar refractivity (Wildman–Crippen MR) is 108 cm³/mol. The quantitative estimate of drug-likeness (QED) is 0.475. The van der Waals surface area contributed by atoms with E-state index in [-0.39, 0.29) is 28.2 Å². The van der Waals surface area contributed by atoms with Crippen LogP contribution in [-0.4, -0.2) is 36.1 Å². The summed E-state index contributed by atoms with van der Waals surface area (Å²) in [6.07, 6.45) is 0. The van der Waals surface area contributed by atoms with Crippen molar-refractivity contribution in [3.63, 3.8) is 0 Å². The van der Waals surface area contributed by atoms with Crippen molar-refractivity contribution in [1.82, 2.24) is 0 Å². The monoisotopic (exact) mass is 420 g/mol. The van der Waals surface area contributed by atoms with Gasteiger partial charge in [0, 0.05) is 0 Å². The zero-order valence-corrected chi connectivity index (χ0v) is 16.2. The van der Waals surface area contributed by atoms with Crippen LogP contribution in [0.5, 0.6) is 11.5 Å². The molecule has 0 unspecified atom stereocenters. The molecule has 0 fully saturated rings. The van der Waals surface area contributed by atoms with Crippen LogP contribution < -0.4 is 9.47 Å². The Hall–Kier alpha value is -4.46. The van der Waals surface area contributed by atoms with Gasteiger partial charge in [-0.05, 0) is 72.8 Å². The second kappa shape index (κ2) is 9.36. The molecule has 0 radical (unpaired) electrons. The van der Waals surface area contributed by atoms with Gasteiger partial charge in [0.15, 0.2) is 0 Å². The highest BCUT2D eigenvalue weighted by Gasteiger charge is 2.13. The third kappa shape index (κ3) is 5.33. The molecule has 0 amide bonds. The molecule has 0 aromatic heterocycles. The van der Waals surface area contributed by atoms with Gasteiger partial charge in [-0.15, -0.1) is 0 Å². The average Bonchev–Trinajstić information content (AvgIpc) is 2.80. The first kappa shape index (κ1) is 21.3. The zero-order chi connectivity index (χ0) is 22.4. The third-order valence-electron chi connectivity index (χ3n) is 4.15.